The Bertz CT molecular complexity index is 247. The second-order valence-corrected chi connectivity index (χ2v) is 4.93. The summed E-state index contributed by atoms with van der Waals surface area (Å²) in [6, 6.07) is 4.44. The van der Waals surface area contributed by atoms with Gasteiger partial charge in [-0.3, -0.25) is 0 Å². The van der Waals surface area contributed by atoms with Gasteiger partial charge in [0.15, 0.2) is 0 Å². The van der Waals surface area contributed by atoms with Gasteiger partial charge in [0, 0.05) is 22.2 Å². The fourth-order valence-electron chi connectivity index (χ4n) is 1.26. The van der Waals surface area contributed by atoms with Crippen molar-refractivity contribution in [2.75, 3.05) is 12.4 Å². The highest BCUT2D eigenvalue weighted by molar-refractivity contribution is 7.11. The van der Waals surface area contributed by atoms with E-state index in [0.717, 1.165) is 31.8 Å². The number of nitrogens with one attached hydrogen (secondary N) is 1. The van der Waals surface area contributed by atoms with E-state index in [4.69, 9.17) is 11.6 Å². The minimum atomic E-state index is 0.778. The lowest BCUT2D eigenvalue weighted by atomic mass is 10.3. The van der Waals surface area contributed by atoms with Crippen molar-refractivity contribution in [3.8, 4) is 0 Å². The second kappa shape index (κ2) is 7.27. The zero-order valence-electron chi connectivity index (χ0n) is 8.68. The van der Waals surface area contributed by atoms with Crippen LogP contribution in [0.3, 0.4) is 0 Å². The molecule has 0 amide bonds. The Balaban J connectivity index is 2.12. The Morgan fingerprint density at radius 1 is 1.29 bits per heavy atom. The van der Waals surface area contributed by atoms with Gasteiger partial charge < -0.3 is 5.32 Å². The topological polar surface area (TPSA) is 12.0 Å². The summed E-state index contributed by atoms with van der Waals surface area (Å²) in [6.45, 7) is 4.28. The average Bonchev–Trinajstić information content (AvgIpc) is 2.65. The Labute approximate surface area is 95.5 Å². The van der Waals surface area contributed by atoms with E-state index in [-0.39, 0.29) is 0 Å². The molecule has 0 atom stereocenters. The van der Waals surface area contributed by atoms with E-state index in [1.807, 2.05) is 11.3 Å². The Hall–Kier alpha value is -0.0500. The molecule has 1 aromatic heterocycles. The summed E-state index contributed by atoms with van der Waals surface area (Å²) >= 11 is 7.50. The highest BCUT2D eigenvalue weighted by Crippen LogP contribution is 2.16. The van der Waals surface area contributed by atoms with Crippen LogP contribution >= 0.6 is 22.9 Å². The Kier molecular flexibility index (Phi) is 6.24. The van der Waals surface area contributed by atoms with Gasteiger partial charge in [0.2, 0.25) is 0 Å². The monoisotopic (exact) mass is 231 g/mol. The van der Waals surface area contributed by atoms with Gasteiger partial charge >= 0.3 is 0 Å². The molecule has 0 unspecified atom stereocenters. The van der Waals surface area contributed by atoms with Gasteiger partial charge in [0.05, 0.1) is 0 Å². The van der Waals surface area contributed by atoms with E-state index >= 15 is 0 Å². The van der Waals surface area contributed by atoms with Gasteiger partial charge in [-0.25, -0.2) is 0 Å². The van der Waals surface area contributed by atoms with Gasteiger partial charge in [-0.05, 0) is 37.9 Å². The number of halogens is 1. The summed E-state index contributed by atoms with van der Waals surface area (Å²) in [5, 5.41) is 3.43. The summed E-state index contributed by atoms with van der Waals surface area (Å²) in [7, 11) is 0. The van der Waals surface area contributed by atoms with E-state index < -0.39 is 0 Å². The van der Waals surface area contributed by atoms with Crippen molar-refractivity contribution in [1.29, 1.82) is 0 Å². The molecule has 80 valence electrons. The SMILES string of the molecule is CCc1ccc(CNCCCCCl)s1. The third-order valence-corrected chi connectivity index (χ3v) is 3.60. The van der Waals surface area contributed by atoms with Gasteiger partial charge in [0.1, 0.15) is 0 Å². The largest absolute Gasteiger partial charge is 0.312 e. The number of thiophene rings is 1. The fraction of sp³-hybridized carbons (Fsp3) is 0.636. The molecule has 1 heterocycles. The molecular weight excluding hydrogens is 214 g/mol. The molecule has 1 aromatic rings. The lowest BCUT2D eigenvalue weighted by Gasteiger charge is -2.00. The van der Waals surface area contributed by atoms with Crippen molar-refractivity contribution in [1.82, 2.24) is 5.32 Å². The van der Waals surface area contributed by atoms with Crippen LogP contribution in [0.2, 0.25) is 0 Å². The van der Waals surface area contributed by atoms with Crippen LogP contribution < -0.4 is 5.32 Å². The number of hydrogen-bond acceptors (Lipinski definition) is 2. The van der Waals surface area contributed by atoms with Crippen molar-refractivity contribution in [3.05, 3.63) is 21.9 Å². The molecule has 0 fully saturated rings. The molecule has 0 radical (unpaired) electrons. The van der Waals surface area contributed by atoms with Crippen LogP contribution in [-0.2, 0) is 13.0 Å². The molecule has 1 rings (SSSR count). The minimum Gasteiger partial charge on any atom is -0.312 e. The average molecular weight is 232 g/mol. The first-order chi connectivity index (χ1) is 6.86. The molecule has 0 saturated carbocycles. The van der Waals surface area contributed by atoms with Gasteiger partial charge in [-0.1, -0.05) is 6.92 Å². The Morgan fingerprint density at radius 3 is 2.71 bits per heavy atom. The van der Waals surface area contributed by atoms with Crippen molar-refractivity contribution in [2.45, 2.75) is 32.7 Å². The molecule has 0 aliphatic carbocycles. The quantitative estimate of drug-likeness (QED) is 0.560. The molecule has 1 N–H and O–H groups in total. The maximum atomic E-state index is 5.59. The second-order valence-electron chi connectivity index (χ2n) is 3.29. The summed E-state index contributed by atoms with van der Waals surface area (Å²) in [6.07, 6.45) is 3.44. The molecule has 0 spiro atoms. The van der Waals surface area contributed by atoms with Gasteiger partial charge in [-0.15, -0.1) is 22.9 Å². The van der Waals surface area contributed by atoms with E-state index in [1.165, 1.54) is 16.2 Å². The molecule has 1 nitrogen and oxygen atoms in total. The van der Waals surface area contributed by atoms with Crippen LogP contribution in [0.25, 0.3) is 0 Å². The maximum absolute atomic E-state index is 5.59. The number of unbranched alkanes of at least 4 members (excludes halogenated alkanes) is 1. The fourth-order valence-corrected chi connectivity index (χ4v) is 2.38. The molecular formula is C11H18ClNS. The zero-order chi connectivity index (χ0) is 10.2. The third-order valence-electron chi connectivity index (χ3n) is 2.10. The van der Waals surface area contributed by atoms with Crippen LogP contribution in [0.5, 0.6) is 0 Å². The first-order valence-electron chi connectivity index (χ1n) is 5.21. The zero-order valence-corrected chi connectivity index (χ0v) is 10.3. The smallest absolute Gasteiger partial charge is 0.0299 e. The minimum absolute atomic E-state index is 0.778. The number of hydrogen-bond donors (Lipinski definition) is 1. The maximum Gasteiger partial charge on any atom is 0.0299 e. The van der Waals surface area contributed by atoms with Crippen LogP contribution in [0, 0.1) is 0 Å². The number of rotatable bonds is 7. The molecule has 0 bridgehead atoms. The Morgan fingerprint density at radius 2 is 2.07 bits per heavy atom. The summed E-state index contributed by atoms with van der Waals surface area (Å²) < 4.78 is 0. The predicted molar refractivity (Wildman–Crippen MR) is 65.4 cm³/mol. The lowest BCUT2D eigenvalue weighted by molar-refractivity contribution is 0.647. The summed E-state index contributed by atoms with van der Waals surface area (Å²) in [4.78, 5) is 2.91. The molecule has 14 heavy (non-hydrogen) atoms. The molecule has 0 aliphatic rings. The number of aryl methyl sites for hydroxylation is 1. The van der Waals surface area contributed by atoms with Crippen LogP contribution in [0.4, 0.5) is 0 Å². The van der Waals surface area contributed by atoms with E-state index in [0.29, 0.717) is 0 Å². The first kappa shape index (κ1) is 12.0. The van der Waals surface area contributed by atoms with Gasteiger partial charge in [-0.2, -0.15) is 0 Å². The third kappa shape index (κ3) is 4.45. The van der Waals surface area contributed by atoms with E-state index in [2.05, 4.69) is 24.4 Å². The van der Waals surface area contributed by atoms with E-state index in [1.54, 1.807) is 0 Å². The van der Waals surface area contributed by atoms with E-state index in [9.17, 15) is 0 Å². The lowest BCUT2D eigenvalue weighted by Crippen LogP contribution is -2.13. The van der Waals surface area contributed by atoms with Crippen molar-refractivity contribution in [3.63, 3.8) is 0 Å². The highest BCUT2D eigenvalue weighted by Gasteiger charge is 1.97. The molecule has 0 saturated heterocycles. The van der Waals surface area contributed by atoms with Gasteiger partial charge in [0.25, 0.3) is 0 Å². The van der Waals surface area contributed by atoms with Crippen LogP contribution in [-0.4, -0.2) is 12.4 Å². The number of alkyl halides is 1. The van der Waals surface area contributed by atoms with Crippen LogP contribution in [0.1, 0.15) is 29.5 Å². The normalized spacial score (nSPS) is 10.7. The molecule has 3 heteroatoms. The summed E-state index contributed by atoms with van der Waals surface area (Å²) in [5.74, 6) is 0.778. The molecule has 0 aromatic carbocycles. The molecule has 0 aliphatic heterocycles. The highest BCUT2D eigenvalue weighted by atomic mass is 35.5. The predicted octanol–water partition coefficient (Wildman–Crippen LogP) is 3.42. The van der Waals surface area contributed by atoms with Crippen molar-refractivity contribution < 1.29 is 0 Å². The van der Waals surface area contributed by atoms with Crippen LogP contribution in [0.15, 0.2) is 12.1 Å². The van der Waals surface area contributed by atoms with Crippen molar-refractivity contribution >= 4 is 22.9 Å². The van der Waals surface area contributed by atoms with Crippen molar-refractivity contribution in [2.24, 2.45) is 0 Å². The standard InChI is InChI=1S/C11H18ClNS/c1-2-10-5-6-11(14-10)9-13-8-4-3-7-12/h5-6,13H,2-4,7-9H2,1H3. The summed E-state index contributed by atoms with van der Waals surface area (Å²) in [5.41, 5.74) is 0. The first-order valence-corrected chi connectivity index (χ1v) is 6.56.